The standard InChI is InChI=1S/C21H21ClN2OS/c1-26(25)20-9-8-15(12-18(20)22)17(11-14-5-2-3-6-14)19-13-16-7-4-10-23-21(16)24-19/h4,7-14H,2-3,5-6H2,1H3,(H,23,24)/b17-11-. The summed E-state index contributed by atoms with van der Waals surface area (Å²) < 4.78 is 11.8. The molecule has 1 saturated carbocycles. The van der Waals surface area contributed by atoms with Crippen LogP contribution >= 0.6 is 11.6 Å². The first-order valence-electron chi connectivity index (χ1n) is 8.91. The van der Waals surface area contributed by atoms with Crippen molar-refractivity contribution in [3.8, 4) is 0 Å². The van der Waals surface area contributed by atoms with E-state index in [1.54, 1.807) is 12.5 Å². The van der Waals surface area contributed by atoms with Crippen LogP contribution in [-0.2, 0) is 10.8 Å². The lowest BCUT2D eigenvalue weighted by Crippen LogP contribution is -1.96. The molecule has 1 aliphatic carbocycles. The first-order valence-corrected chi connectivity index (χ1v) is 10.8. The van der Waals surface area contributed by atoms with E-state index in [4.69, 9.17) is 11.6 Å². The number of nitrogens with one attached hydrogen (secondary N) is 1. The van der Waals surface area contributed by atoms with E-state index in [2.05, 4.69) is 28.2 Å². The van der Waals surface area contributed by atoms with Crippen LogP contribution < -0.4 is 0 Å². The molecule has 1 N–H and O–H groups in total. The first-order chi connectivity index (χ1) is 12.6. The van der Waals surface area contributed by atoms with Gasteiger partial charge in [-0.15, -0.1) is 0 Å². The Bertz CT molecular complexity index is 969. The number of H-pyrrole nitrogens is 1. The Morgan fingerprint density at radius 2 is 2.08 bits per heavy atom. The second-order valence-corrected chi connectivity index (χ2v) is 8.60. The number of halogens is 1. The minimum atomic E-state index is -1.09. The van der Waals surface area contributed by atoms with Gasteiger partial charge >= 0.3 is 0 Å². The highest BCUT2D eigenvalue weighted by molar-refractivity contribution is 7.84. The third-order valence-electron chi connectivity index (χ3n) is 5.04. The summed E-state index contributed by atoms with van der Waals surface area (Å²) in [4.78, 5) is 8.53. The fraction of sp³-hybridized carbons (Fsp3) is 0.286. The fourth-order valence-electron chi connectivity index (χ4n) is 3.71. The average molecular weight is 385 g/mol. The molecule has 1 fully saturated rings. The van der Waals surface area contributed by atoms with Gasteiger partial charge in [0.05, 0.1) is 20.7 Å². The Hall–Kier alpha value is -1.91. The second kappa shape index (κ2) is 7.37. The maximum absolute atomic E-state index is 11.8. The third kappa shape index (κ3) is 3.49. The van der Waals surface area contributed by atoms with Crippen LogP contribution in [0.4, 0.5) is 0 Å². The smallest absolute Gasteiger partial charge is 0.137 e. The minimum absolute atomic E-state index is 0.551. The van der Waals surface area contributed by atoms with Crippen molar-refractivity contribution in [3.63, 3.8) is 0 Å². The number of rotatable bonds is 4. The predicted octanol–water partition coefficient (Wildman–Crippen LogP) is 5.58. The number of aromatic nitrogens is 2. The molecule has 3 nitrogen and oxygen atoms in total. The molecule has 0 radical (unpaired) electrons. The van der Waals surface area contributed by atoms with Gasteiger partial charge in [-0.05, 0) is 54.7 Å². The highest BCUT2D eigenvalue weighted by atomic mass is 35.5. The number of hydrogen-bond donors (Lipinski definition) is 1. The normalized spacial score (nSPS) is 17.1. The molecule has 26 heavy (non-hydrogen) atoms. The van der Waals surface area contributed by atoms with E-state index in [0.29, 0.717) is 15.8 Å². The van der Waals surface area contributed by atoms with Gasteiger partial charge in [-0.25, -0.2) is 4.98 Å². The van der Waals surface area contributed by atoms with Crippen molar-refractivity contribution in [1.82, 2.24) is 9.97 Å². The average Bonchev–Trinajstić information content (AvgIpc) is 3.28. The lowest BCUT2D eigenvalue weighted by molar-refractivity contribution is 0.686. The molecule has 2 heterocycles. The van der Waals surface area contributed by atoms with Crippen molar-refractivity contribution in [2.75, 3.05) is 6.26 Å². The summed E-state index contributed by atoms with van der Waals surface area (Å²) in [6.45, 7) is 0. The molecular weight excluding hydrogens is 364 g/mol. The summed E-state index contributed by atoms with van der Waals surface area (Å²) in [5.41, 5.74) is 4.12. The van der Waals surface area contributed by atoms with Crippen LogP contribution in [0.15, 0.2) is 53.6 Å². The molecule has 1 aromatic carbocycles. The molecule has 5 heteroatoms. The van der Waals surface area contributed by atoms with Crippen molar-refractivity contribution in [2.24, 2.45) is 5.92 Å². The van der Waals surface area contributed by atoms with Gasteiger partial charge in [0, 0.05) is 29.1 Å². The molecule has 0 saturated heterocycles. The van der Waals surface area contributed by atoms with Crippen LogP contribution in [0.2, 0.25) is 5.02 Å². The van der Waals surface area contributed by atoms with Crippen molar-refractivity contribution < 1.29 is 4.21 Å². The summed E-state index contributed by atoms with van der Waals surface area (Å²) in [6.07, 6.45) is 10.9. The van der Waals surface area contributed by atoms with Crippen LogP contribution in [-0.4, -0.2) is 20.4 Å². The Morgan fingerprint density at radius 1 is 1.27 bits per heavy atom. The van der Waals surface area contributed by atoms with Crippen LogP contribution in [0.25, 0.3) is 16.6 Å². The summed E-state index contributed by atoms with van der Waals surface area (Å²) in [6, 6.07) is 12.0. The molecule has 3 aromatic rings. The molecule has 1 aliphatic rings. The lowest BCUT2D eigenvalue weighted by Gasteiger charge is -2.12. The summed E-state index contributed by atoms with van der Waals surface area (Å²) in [5.74, 6) is 0.586. The van der Waals surface area contributed by atoms with Gasteiger partial charge in [0.1, 0.15) is 5.65 Å². The maximum Gasteiger partial charge on any atom is 0.137 e. The quantitative estimate of drug-likeness (QED) is 0.638. The monoisotopic (exact) mass is 384 g/mol. The molecule has 1 atom stereocenters. The SMILES string of the molecule is CS(=O)c1ccc(/C(=C/C2CCCC2)c2cc3cccnc3[nH]2)cc1Cl. The maximum atomic E-state index is 11.8. The highest BCUT2D eigenvalue weighted by Crippen LogP contribution is 2.34. The van der Waals surface area contributed by atoms with E-state index in [0.717, 1.165) is 27.9 Å². The zero-order chi connectivity index (χ0) is 18.1. The molecule has 2 aromatic heterocycles. The van der Waals surface area contributed by atoms with Gasteiger partial charge in [-0.3, -0.25) is 4.21 Å². The van der Waals surface area contributed by atoms with Crippen molar-refractivity contribution >= 4 is 39.0 Å². The first kappa shape index (κ1) is 17.5. The van der Waals surface area contributed by atoms with Gasteiger partial charge in [0.25, 0.3) is 0 Å². The van der Waals surface area contributed by atoms with Gasteiger partial charge in [-0.2, -0.15) is 0 Å². The predicted molar refractivity (Wildman–Crippen MR) is 109 cm³/mol. The zero-order valence-corrected chi connectivity index (χ0v) is 16.2. The number of allylic oxidation sites excluding steroid dienone is 1. The van der Waals surface area contributed by atoms with Crippen LogP contribution in [0, 0.1) is 5.92 Å². The highest BCUT2D eigenvalue weighted by Gasteiger charge is 2.17. The Labute approximate surface area is 161 Å². The Morgan fingerprint density at radius 3 is 2.77 bits per heavy atom. The van der Waals surface area contributed by atoms with Crippen molar-refractivity contribution in [2.45, 2.75) is 30.6 Å². The van der Waals surface area contributed by atoms with Gasteiger partial charge in [-0.1, -0.05) is 36.6 Å². The fourth-order valence-corrected chi connectivity index (χ4v) is 4.81. The van der Waals surface area contributed by atoms with E-state index < -0.39 is 10.8 Å². The molecule has 0 aliphatic heterocycles. The third-order valence-corrected chi connectivity index (χ3v) is 6.44. The molecule has 1 unspecified atom stereocenters. The minimum Gasteiger partial charge on any atom is -0.339 e. The van der Waals surface area contributed by atoms with E-state index in [9.17, 15) is 4.21 Å². The molecule has 4 rings (SSSR count). The number of aromatic amines is 1. The van der Waals surface area contributed by atoms with Crippen molar-refractivity contribution in [1.29, 1.82) is 0 Å². The van der Waals surface area contributed by atoms with Gasteiger partial charge in [0.2, 0.25) is 0 Å². The largest absolute Gasteiger partial charge is 0.339 e. The summed E-state index contributed by atoms with van der Waals surface area (Å²) >= 11 is 6.41. The second-order valence-electron chi connectivity index (χ2n) is 6.85. The van der Waals surface area contributed by atoms with Gasteiger partial charge < -0.3 is 4.98 Å². The summed E-state index contributed by atoms with van der Waals surface area (Å²) in [5, 5.41) is 1.65. The van der Waals surface area contributed by atoms with E-state index >= 15 is 0 Å². The zero-order valence-electron chi connectivity index (χ0n) is 14.7. The molecule has 0 spiro atoms. The molecule has 134 valence electrons. The Balaban J connectivity index is 1.83. The van der Waals surface area contributed by atoms with E-state index in [-0.39, 0.29) is 0 Å². The Kier molecular flexibility index (Phi) is 4.96. The summed E-state index contributed by atoms with van der Waals surface area (Å²) in [7, 11) is -1.09. The van der Waals surface area contributed by atoms with Crippen LogP contribution in [0.5, 0.6) is 0 Å². The number of fused-ring (bicyclic) bond motifs is 1. The number of nitrogens with zero attached hydrogens (tertiary/aromatic N) is 1. The molecular formula is C21H21ClN2OS. The number of hydrogen-bond acceptors (Lipinski definition) is 2. The lowest BCUT2D eigenvalue weighted by atomic mass is 9.96. The topological polar surface area (TPSA) is 45.8 Å². The van der Waals surface area contributed by atoms with E-state index in [1.165, 1.54) is 25.7 Å². The number of pyridine rings is 1. The molecule has 0 bridgehead atoms. The van der Waals surface area contributed by atoms with Crippen molar-refractivity contribution in [3.05, 3.63) is 65.0 Å². The van der Waals surface area contributed by atoms with Crippen LogP contribution in [0.1, 0.15) is 36.9 Å². The van der Waals surface area contributed by atoms with Crippen LogP contribution in [0.3, 0.4) is 0 Å². The van der Waals surface area contributed by atoms with Gasteiger partial charge in [0.15, 0.2) is 0 Å². The molecule has 0 amide bonds. The van der Waals surface area contributed by atoms with E-state index in [1.807, 2.05) is 24.3 Å². The number of benzene rings is 1.